The normalized spacial score (nSPS) is 12.3. The lowest BCUT2D eigenvalue weighted by Gasteiger charge is -2.11. The van der Waals surface area contributed by atoms with Crippen LogP contribution in [0.1, 0.15) is 24.3 Å². The van der Waals surface area contributed by atoms with Crippen molar-refractivity contribution in [2.24, 2.45) is 0 Å². The van der Waals surface area contributed by atoms with Crippen LogP contribution in [0.2, 0.25) is 0 Å². The molecule has 0 radical (unpaired) electrons. The first-order valence-corrected chi connectivity index (χ1v) is 6.17. The highest BCUT2D eigenvalue weighted by atomic mass is 16.6. The molecule has 0 bridgehead atoms. The molecule has 0 aliphatic carbocycles. The molecule has 0 unspecified atom stereocenters. The van der Waals surface area contributed by atoms with Crippen molar-refractivity contribution < 1.29 is 9.34 Å². The summed E-state index contributed by atoms with van der Waals surface area (Å²) in [4.78, 5) is 10.5. The van der Waals surface area contributed by atoms with E-state index in [0.29, 0.717) is 13.0 Å². The zero-order chi connectivity index (χ0) is 13.7. The number of furan rings is 1. The van der Waals surface area contributed by atoms with E-state index >= 15 is 0 Å². The van der Waals surface area contributed by atoms with Crippen LogP contribution in [-0.4, -0.2) is 11.5 Å². The number of rotatable bonds is 6. The minimum absolute atomic E-state index is 0.0952. The number of para-hydroxylation sites is 1. The first kappa shape index (κ1) is 13.3. The SMILES string of the molecule is C[C@H](NCCc1ccccc1[N+](=O)[O-])c1ccco1. The molecule has 0 fully saturated rings. The summed E-state index contributed by atoms with van der Waals surface area (Å²) in [5.41, 5.74) is 0.918. The third-order valence-electron chi connectivity index (χ3n) is 3.00. The molecule has 0 amide bonds. The number of benzene rings is 1. The molecule has 19 heavy (non-hydrogen) atoms. The lowest BCUT2D eigenvalue weighted by Crippen LogP contribution is -2.21. The van der Waals surface area contributed by atoms with E-state index in [0.717, 1.165) is 11.3 Å². The highest BCUT2D eigenvalue weighted by Crippen LogP contribution is 2.18. The molecule has 5 nitrogen and oxygen atoms in total. The van der Waals surface area contributed by atoms with Gasteiger partial charge in [0.05, 0.1) is 17.2 Å². The van der Waals surface area contributed by atoms with E-state index in [9.17, 15) is 10.1 Å². The Labute approximate surface area is 111 Å². The molecular formula is C14H16N2O3. The Bertz CT molecular complexity index is 537. The van der Waals surface area contributed by atoms with Gasteiger partial charge in [0.25, 0.3) is 5.69 Å². The average molecular weight is 260 g/mol. The predicted octanol–water partition coefficient (Wildman–Crippen LogP) is 3.08. The van der Waals surface area contributed by atoms with E-state index in [1.165, 1.54) is 6.07 Å². The molecule has 1 aromatic heterocycles. The molecule has 2 aromatic rings. The third kappa shape index (κ3) is 3.42. The summed E-state index contributed by atoms with van der Waals surface area (Å²) in [6.07, 6.45) is 2.25. The molecule has 0 aliphatic heterocycles. The van der Waals surface area contributed by atoms with E-state index in [1.807, 2.05) is 25.1 Å². The van der Waals surface area contributed by atoms with Crippen LogP contribution >= 0.6 is 0 Å². The lowest BCUT2D eigenvalue weighted by molar-refractivity contribution is -0.385. The Balaban J connectivity index is 1.91. The van der Waals surface area contributed by atoms with Crippen molar-refractivity contribution in [1.82, 2.24) is 5.32 Å². The molecule has 0 spiro atoms. The summed E-state index contributed by atoms with van der Waals surface area (Å²) < 4.78 is 5.29. The summed E-state index contributed by atoms with van der Waals surface area (Å²) in [6.45, 7) is 2.66. The average Bonchev–Trinajstić information content (AvgIpc) is 2.93. The minimum Gasteiger partial charge on any atom is -0.468 e. The Morgan fingerprint density at radius 3 is 2.79 bits per heavy atom. The molecular weight excluding hydrogens is 244 g/mol. The van der Waals surface area contributed by atoms with Gasteiger partial charge in [0.15, 0.2) is 0 Å². The predicted molar refractivity (Wildman–Crippen MR) is 71.9 cm³/mol. The second-order valence-electron chi connectivity index (χ2n) is 4.33. The fourth-order valence-corrected chi connectivity index (χ4v) is 1.96. The van der Waals surface area contributed by atoms with Crippen LogP contribution in [0.5, 0.6) is 0 Å². The van der Waals surface area contributed by atoms with Gasteiger partial charge in [0.2, 0.25) is 0 Å². The summed E-state index contributed by atoms with van der Waals surface area (Å²) >= 11 is 0. The molecule has 0 aliphatic rings. The second-order valence-corrected chi connectivity index (χ2v) is 4.33. The van der Waals surface area contributed by atoms with Crippen LogP contribution in [0, 0.1) is 10.1 Å². The maximum Gasteiger partial charge on any atom is 0.272 e. The van der Waals surface area contributed by atoms with E-state index in [4.69, 9.17) is 4.42 Å². The van der Waals surface area contributed by atoms with Gasteiger partial charge in [0, 0.05) is 18.2 Å². The number of nitro benzene ring substituents is 1. The van der Waals surface area contributed by atoms with Gasteiger partial charge in [-0.05, 0) is 25.5 Å². The van der Waals surface area contributed by atoms with Crippen molar-refractivity contribution in [3.05, 3.63) is 64.1 Å². The highest BCUT2D eigenvalue weighted by molar-refractivity contribution is 5.39. The summed E-state index contributed by atoms with van der Waals surface area (Å²) in [5, 5.41) is 14.2. The monoisotopic (exact) mass is 260 g/mol. The van der Waals surface area contributed by atoms with Crippen molar-refractivity contribution in [3.63, 3.8) is 0 Å². The van der Waals surface area contributed by atoms with E-state index in [1.54, 1.807) is 18.4 Å². The molecule has 0 saturated carbocycles. The van der Waals surface area contributed by atoms with Crippen molar-refractivity contribution in [1.29, 1.82) is 0 Å². The molecule has 100 valence electrons. The molecule has 1 aromatic carbocycles. The van der Waals surface area contributed by atoms with Gasteiger partial charge in [-0.1, -0.05) is 18.2 Å². The van der Waals surface area contributed by atoms with Crippen molar-refractivity contribution in [2.45, 2.75) is 19.4 Å². The largest absolute Gasteiger partial charge is 0.468 e. The van der Waals surface area contributed by atoms with Crippen LogP contribution in [0.3, 0.4) is 0 Å². The van der Waals surface area contributed by atoms with Gasteiger partial charge in [-0.15, -0.1) is 0 Å². The first-order valence-electron chi connectivity index (χ1n) is 6.17. The van der Waals surface area contributed by atoms with E-state index in [2.05, 4.69) is 5.32 Å². The quantitative estimate of drug-likeness (QED) is 0.640. The van der Waals surface area contributed by atoms with Gasteiger partial charge in [-0.25, -0.2) is 0 Å². The lowest BCUT2D eigenvalue weighted by atomic mass is 10.1. The Hall–Kier alpha value is -2.14. The molecule has 0 saturated heterocycles. The number of hydrogen-bond acceptors (Lipinski definition) is 4. The zero-order valence-corrected chi connectivity index (χ0v) is 10.7. The standard InChI is InChI=1S/C14H16N2O3/c1-11(14-7-4-10-19-14)15-9-8-12-5-2-3-6-13(12)16(17)18/h2-7,10-11,15H,8-9H2,1H3/t11-/m0/s1. The first-order chi connectivity index (χ1) is 9.18. The number of hydrogen-bond donors (Lipinski definition) is 1. The van der Waals surface area contributed by atoms with Crippen molar-refractivity contribution >= 4 is 5.69 Å². The van der Waals surface area contributed by atoms with Gasteiger partial charge in [0.1, 0.15) is 5.76 Å². The smallest absolute Gasteiger partial charge is 0.272 e. The maximum atomic E-state index is 10.9. The van der Waals surface area contributed by atoms with E-state index in [-0.39, 0.29) is 16.7 Å². The zero-order valence-electron chi connectivity index (χ0n) is 10.7. The van der Waals surface area contributed by atoms with Crippen LogP contribution < -0.4 is 5.32 Å². The number of nitrogens with zero attached hydrogens (tertiary/aromatic N) is 1. The van der Waals surface area contributed by atoms with Crippen LogP contribution in [0.4, 0.5) is 5.69 Å². The third-order valence-corrected chi connectivity index (χ3v) is 3.00. The van der Waals surface area contributed by atoms with Crippen molar-refractivity contribution in [2.75, 3.05) is 6.54 Å². The molecule has 1 atom stereocenters. The molecule has 5 heteroatoms. The van der Waals surface area contributed by atoms with E-state index < -0.39 is 0 Å². The highest BCUT2D eigenvalue weighted by Gasteiger charge is 2.12. The fourth-order valence-electron chi connectivity index (χ4n) is 1.96. The molecule has 1 N–H and O–H groups in total. The Morgan fingerprint density at radius 1 is 1.32 bits per heavy atom. The van der Waals surface area contributed by atoms with Crippen LogP contribution in [0.25, 0.3) is 0 Å². The summed E-state index contributed by atoms with van der Waals surface area (Å²) in [7, 11) is 0. The number of nitro groups is 1. The van der Waals surface area contributed by atoms with Crippen LogP contribution in [0.15, 0.2) is 47.1 Å². The second kappa shape index (κ2) is 6.15. The summed E-state index contributed by atoms with van der Waals surface area (Å²) in [5.74, 6) is 0.863. The Morgan fingerprint density at radius 2 is 2.11 bits per heavy atom. The molecule has 1 heterocycles. The topological polar surface area (TPSA) is 68.3 Å². The summed E-state index contributed by atoms with van der Waals surface area (Å²) in [6, 6.07) is 10.7. The van der Waals surface area contributed by atoms with Gasteiger partial charge >= 0.3 is 0 Å². The fraction of sp³-hybridized carbons (Fsp3) is 0.286. The minimum atomic E-state index is -0.342. The van der Waals surface area contributed by atoms with Gasteiger partial charge < -0.3 is 9.73 Å². The van der Waals surface area contributed by atoms with Crippen LogP contribution in [-0.2, 0) is 6.42 Å². The van der Waals surface area contributed by atoms with Gasteiger partial charge in [-0.2, -0.15) is 0 Å². The van der Waals surface area contributed by atoms with Crippen molar-refractivity contribution in [3.8, 4) is 0 Å². The Kier molecular flexibility index (Phi) is 4.30. The van der Waals surface area contributed by atoms with Gasteiger partial charge in [-0.3, -0.25) is 10.1 Å². The molecule has 2 rings (SSSR count). The number of nitrogens with one attached hydrogen (secondary N) is 1. The maximum absolute atomic E-state index is 10.9.